The molecule has 2 aromatic heterocycles. The molecule has 26 nitrogen and oxygen atoms in total. The standard InChI is InChI=1S/C19H29N5O8S.C16H36N.C13H20N6O6S/c1-19(2,3)31-18(26)22(12-6-4-5-7-12)11-15-20-21-16(30-15)14-9-8-13-10-23(14)17(25)24(13)32-33(27,28)29;1-5-9-13-17(14-10-6-2,15-11-7-3)16-12-8-4;20-13-18-7-9(19(13)25-26(21,22)23)1-2-10(18)12-17-16-11(24-12)6-15-8-3-4-14-5-8/h12-14H,4-11H2,1-3H3,(H,27,28,29);5-16H2,1-4H3;8-10,14-15H,1-7H2,(H,21,22,23)/q;+1;/p-1/t13-,14+;;8-,9-,10+/m1.1/s1. The van der Waals surface area contributed by atoms with Gasteiger partial charge in [0.05, 0.1) is 44.8 Å². The van der Waals surface area contributed by atoms with E-state index in [2.05, 4.69) is 67.3 Å². The molecule has 0 radical (unpaired) electrons. The van der Waals surface area contributed by atoms with Gasteiger partial charge in [-0.05, 0) is 97.9 Å². The first-order chi connectivity index (χ1) is 36.1. The van der Waals surface area contributed by atoms with Gasteiger partial charge in [0.1, 0.15) is 24.2 Å². The Morgan fingerprint density at radius 1 is 0.750 bits per heavy atom. The first-order valence-corrected chi connectivity index (χ1v) is 30.2. The van der Waals surface area contributed by atoms with Crippen LogP contribution in [0, 0.1) is 0 Å². The molecule has 5 atom stereocenters. The molecule has 6 fully saturated rings. The van der Waals surface area contributed by atoms with Gasteiger partial charge in [0.2, 0.25) is 34.0 Å². The Morgan fingerprint density at radius 2 is 1.24 bits per heavy atom. The topological polar surface area (TPSA) is 309 Å². The minimum Gasteiger partial charge on any atom is -0.724 e. The van der Waals surface area contributed by atoms with Crippen LogP contribution >= 0.6 is 0 Å². The second kappa shape index (κ2) is 27.5. The van der Waals surface area contributed by atoms with Crippen LogP contribution in [0.3, 0.4) is 0 Å². The average Bonchev–Trinajstić information content (AvgIpc) is 4.26. The zero-order chi connectivity index (χ0) is 55.3. The molecule has 1 aliphatic carbocycles. The molecule has 0 aromatic carbocycles. The molecule has 3 N–H and O–H groups in total. The summed E-state index contributed by atoms with van der Waals surface area (Å²) in [7, 11) is -9.83. The molecular formula is C48H84N12O14S2. The number of carbonyl (C=O) groups excluding carboxylic acids is 3. The third-order valence-electron chi connectivity index (χ3n) is 14.8. The van der Waals surface area contributed by atoms with E-state index in [9.17, 15) is 35.8 Å². The van der Waals surface area contributed by atoms with E-state index in [1.165, 1.54) is 91.8 Å². The summed E-state index contributed by atoms with van der Waals surface area (Å²) in [6, 6.07) is -3.03. The molecule has 4 bridgehead atoms. The predicted octanol–water partition coefficient (Wildman–Crippen LogP) is 6.28. The number of nitrogens with one attached hydrogen (secondary N) is 2. The van der Waals surface area contributed by atoms with Crippen molar-refractivity contribution in [2.24, 2.45) is 0 Å². The Balaban J connectivity index is 0.000000195. The molecule has 76 heavy (non-hydrogen) atoms. The lowest BCUT2D eigenvalue weighted by Crippen LogP contribution is -2.50. The molecule has 0 unspecified atom stereocenters. The van der Waals surface area contributed by atoms with E-state index in [1.807, 2.05) is 0 Å². The van der Waals surface area contributed by atoms with Crippen LogP contribution in [0.2, 0.25) is 0 Å². The third kappa shape index (κ3) is 17.4. The summed E-state index contributed by atoms with van der Waals surface area (Å²) in [5.74, 6) is 1.14. The zero-order valence-electron chi connectivity index (χ0n) is 45.6. The van der Waals surface area contributed by atoms with Gasteiger partial charge in [-0.2, -0.15) is 22.8 Å². The van der Waals surface area contributed by atoms with Gasteiger partial charge >= 0.3 is 28.6 Å². The van der Waals surface area contributed by atoms with E-state index in [0.717, 1.165) is 45.2 Å². The van der Waals surface area contributed by atoms with E-state index in [-0.39, 0.29) is 37.5 Å². The Hall–Kier alpha value is -4.29. The molecule has 5 saturated heterocycles. The number of aromatic nitrogens is 4. The Kier molecular flexibility index (Phi) is 22.1. The Bertz CT molecular complexity index is 2360. The Labute approximate surface area is 448 Å². The van der Waals surface area contributed by atoms with Gasteiger partial charge in [-0.15, -0.1) is 24.7 Å². The number of urea groups is 2. The summed E-state index contributed by atoms with van der Waals surface area (Å²) in [6.45, 7) is 23.3. The number of amides is 5. The summed E-state index contributed by atoms with van der Waals surface area (Å²) in [5, 5.41) is 24.1. The number of quaternary nitrogens is 1. The summed E-state index contributed by atoms with van der Waals surface area (Å²) in [6.07, 6.45) is 17.3. The average molecular weight is 1120 g/mol. The second-order valence-corrected chi connectivity index (χ2v) is 23.8. The van der Waals surface area contributed by atoms with E-state index in [0.29, 0.717) is 60.2 Å². The van der Waals surface area contributed by atoms with Gasteiger partial charge in [0, 0.05) is 31.7 Å². The van der Waals surface area contributed by atoms with Crippen LogP contribution in [0.15, 0.2) is 8.83 Å². The van der Waals surface area contributed by atoms with Crippen molar-refractivity contribution in [3.05, 3.63) is 23.6 Å². The maximum atomic E-state index is 12.8. The number of carbonyl (C=O) groups is 3. The number of rotatable bonds is 24. The highest BCUT2D eigenvalue weighted by Gasteiger charge is 2.50. The number of unbranched alkanes of at least 4 members (excludes halogenated alkanes) is 4. The SMILES string of the molecule is CC(C)(C)OC(=O)N(Cc1nnc([C@@H]2CC[C@@H]3CN2C(=O)N3OS(=O)(=O)[O-])o1)C1CCCC1.CCCC[N+](CCCC)(CCCC)CCCC.O=C1N2C[C@@H](CC[C@H]2c2nnc(CN[C@@H]3CCNC3)o2)N1OS(=O)(=O)O. The number of piperidine rings is 2. The van der Waals surface area contributed by atoms with E-state index in [1.54, 1.807) is 25.7 Å². The fourth-order valence-electron chi connectivity index (χ4n) is 10.8. The van der Waals surface area contributed by atoms with Crippen LogP contribution in [0.5, 0.6) is 0 Å². The highest BCUT2D eigenvalue weighted by molar-refractivity contribution is 7.81. The molecule has 5 amide bonds. The van der Waals surface area contributed by atoms with Crippen LogP contribution in [-0.4, -0.2) is 176 Å². The highest BCUT2D eigenvalue weighted by Crippen LogP contribution is 2.40. The zero-order valence-corrected chi connectivity index (χ0v) is 47.2. The molecule has 5 aliphatic heterocycles. The minimum absolute atomic E-state index is 0.0190. The normalized spacial score (nSPS) is 23.0. The van der Waals surface area contributed by atoms with Crippen molar-refractivity contribution in [1.82, 2.24) is 55.9 Å². The van der Waals surface area contributed by atoms with Crippen molar-refractivity contribution in [2.75, 3.05) is 52.4 Å². The van der Waals surface area contributed by atoms with Crippen molar-refractivity contribution < 1.29 is 66.9 Å². The van der Waals surface area contributed by atoms with Crippen molar-refractivity contribution >= 4 is 39.0 Å². The summed E-state index contributed by atoms with van der Waals surface area (Å²) in [5.41, 5.74) is -0.645. The van der Waals surface area contributed by atoms with Crippen molar-refractivity contribution in [2.45, 2.75) is 213 Å². The van der Waals surface area contributed by atoms with Gasteiger partial charge in [-0.25, -0.2) is 22.8 Å². The summed E-state index contributed by atoms with van der Waals surface area (Å²) < 4.78 is 90.8. The maximum Gasteiger partial charge on any atom is 0.418 e. The van der Waals surface area contributed by atoms with Crippen molar-refractivity contribution in [1.29, 1.82) is 0 Å². The maximum absolute atomic E-state index is 12.8. The van der Waals surface area contributed by atoms with Gasteiger partial charge in [-0.1, -0.05) is 66.2 Å². The quantitative estimate of drug-likeness (QED) is 0.0591. The fraction of sp³-hybridized carbons (Fsp3) is 0.854. The van der Waals surface area contributed by atoms with Crippen LogP contribution in [-0.2, 0) is 47.2 Å². The summed E-state index contributed by atoms with van der Waals surface area (Å²) in [4.78, 5) is 42.2. The smallest absolute Gasteiger partial charge is 0.418 e. The second-order valence-electron chi connectivity index (χ2n) is 21.8. The van der Waals surface area contributed by atoms with Crippen LogP contribution in [0.1, 0.15) is 193 Å². The van der Waals surface area contributed by atoms with Crippen molar-refractivity contribution in [3.8, 4) is 0 Å². The lowest BCUT2D eigenvalue weighted by atomic mass is 10.0. The molecule has 6 aliphatic rings. The first kappa shape index (κ1) is 60.9. The predicted molar refractivity (Wildman–Crippen MR) is 273 cm³/mol. The molecule has 28 heteroatoms. The third-order valence-corrected chi connectivity index (χ3v) is 15.5. The van der Waals surface area contributed by atoms with Crippen LogP contribution in [0.25, 0.3) is 0 Å². The van der Waals surface area contributed by atoms with Gasteiger partial charge in [0.15, 0.2) is 0 Å². The monoisotopic (exact) mass is 1120 g/mol. The molecule has 8 rings (SSSR count). The van der Waals surface area contributed by atoms with E-state index < -0.39 is 68.7 Å². The number of hydrogen-bond donors (Lipinski definition) is 3. The molecule has 7 heterocycles. The number of nitrogens with zero attached hydrogens (tertiary/aromatic N) is 10. The van der Waals surface area contributed by atoms with Crippen LogP contribution in [0.4, 0.5) is 14.4 Å². The van der Waals surface area contributed by atoms with Gasteiger partial charge in [-0.3, -0.25) is 9.45 Å². The molecule has 2 aromatic rings. The minimum atomic E-state index is -5.07. The lowest BCUT2D eigenvalue weighted by molar-refractivity contribution is -0.929. The van der Waals surface area contributed by atoms with Gasteiger partial charge in [0.25, 0.3) is 0 Å². The van der Waals surface area contributed by atoms with E-state index >= 15 is 0 Å². The van der Waals surface area contributed by atoms with Crippen molar-refractivity contribution in [3.63, 3.8) is 0 Å². The fourth-order valence-corrected chi connectivity index (χ4v) is 11.6. The molecule has 432 valence electrons. The number of fused-ring (bicyclic) bond motifs is 4. The molecular weight excluding hydrogens is 1030 g/mol. The first-order valence-electron chi connectivity index (χ1n) is 27.5. The lowest BCUT2D eigenvalue weighted by Gasteiger charge is -2.39. The van der Waals surface area contributed by atoms with Crippen LogP contribution < -0.4 is 10.6 Å². The van der Waals surface area contributed by atoms with Gasteiger partial charge < -0.3 is 43.0 Å². The number of ether oxygens (including phenoxy) is 1. The Morgan fingerprint density at radius 3 is 1.68 bits per heavy atom. The molecule has 0 spiro atoms. The number of hydroxylamine groups is 4. The number of hydrogen-bond acceptors (Lipinski definition) is 19. The largest absolute Gasteiger partial charge is 0.724 e. The van der Waals surface area contributed by atoms with E-state index in [4.69, 9.17) is 18.1 Å². The highest BCUT2D eigenvalue weighted by atomic mass is 32.3. The summed E-state index contributed by atoms with van der Waals surface area (Å²) >= 11 is 0. The molecule has 1 saturated carbocycles.